The van der Waals surface area contributed by atoms with Crippen LogP contribution < -0.4 is 5.32 Å². The molecule has 0 amide bonds. The number of nitrogens with zero attached hydrogens (tertiary/aromatic N) is 3. The van der Waals surface area contributed by atoms with Gasteiger partial charge >= 0.3 is 0 Å². The molecule has 0 aliphatic heterocycles. The van der Waals surface area contributed by atoms with Gasteiger partial charge in [0.05, 0.1) is 6.04 Å². The first-order valence-corrected chi connectivity index (χ1v) is 7.12. The average Bonchev–Trinajstić information content (AvgIpc) is 2.98. The van der Waals surface area contributed by atoms with Crippen molar-refractivity contribution in [3.8, 4) is 0 Å². The summed E-state index contributed by atoms with van der Waals surface area (Å²) in [6.07, 6.45) is 4.36. The molecule has 1 atom stereocenters. The zero-order valence-corrected chi connectivity index (χ0v) is 11.4. The van der Waals surface area contributed by atoms with E-state index < -0.39 is 0 Å². The van der Waals surface area contributed by atoms with E-state index in [1.807, 2.05) is 12.1 Å². The van der Waals surface area contributed by atoms with Crippen LogP contribution in [-0.2, 0) is 0 Å². The van der Waals surface area contributed by atoms with Gasteiger partial charge in [-0.15, -0.1) is 11.3 Å². The maximum Gasteiger partial charge on any atom is 0.180 e. The summed E-state index contributed by atoms with van der Waals surface area (Å²) >= 11 is 1.76. The van der Waals surface area contributed by atoms with Crippen molar-refractivity contribution in [3.05, 3.63) is 46.9 Å². The van der Waals surface area contributed by atoms with Crippen LogP contribution in [0.1, 0.15) is 24.3 Å². The fraction of sp³-hybridized carbons (Fsp3) is 0.214. The van der Waals surface area contributed by atoms with Crippen LogP contribution in [-0.4, -0.2) is 15.0 Å². The molecular weight excluding hydrogens is 256 g/mol. The van der Waals surface area contributed by atoms with Gasteiger partial charge in [0.25, 0.3) is 0 Å². The van der Waals surface area contributed by atoms with Crippen molar-refractivity contribution in [2.45, 2.75) is 19.4 Å². The topological polar surface area (TPSA) is 50.7 Å². The van der Waals surface area contributed by atoms with Crippen LogP contribution in [0.15, 0.2) is 42.0 Å². The fourth-order valence-electron chi connectivity index (χ4n) is 1.98. The minimum Gasteiger partial charge on any atom is -0.362 e. The number of nitrogens with one attached hydrogen (secondary N) is 1. The second-order valence-corrected chi connectivity index (χ2v) is 5.20. The number of anilines is 1. The Bertz CT molecular complexity index is 666. The third kappa shape index (κ3) is 2.56. The summed E-state index contributed by atoms with van der Waals surface area (Å²) in [6, 6.07) is 8.41. The summed E-state index contributed by atoms with van der Waals surface area (Å²) in [7, 11) is 0. The molecule has 0 aliphatic carbocycles. The van der Waals surface area contributed by atoms with Gasteiger partial charge in [0, 0.05) is 17.3 Å². The molecule has 3 aromatic rings. The third-order valence-electron chi connectivity index (χ3n) is 2.95. The Hall–Kier alpha value is -2.01. The Balaban J connectivity index is 1.88. The quantitative estimate of drug-likeness (QED) is 0.786. The zero-order chi connectivity index (χ0) is 13.1. The fourth-order valence-corrected chi connectivity index (χ4v) is 2.84. The van der Waals surface area contributed by atoms with E-state index in [0.717, 1.165) is 17.8 Å². The van der Waals surface area contributed by atoms with Crippen LogP contribution in [0.2, 0.25) is 0 Å². The lowest BCUT2D eigenvalue weighted by Gasteiger charge is -2.16. The van der Waals surface area contributed by atoms with Gasteiger partial charge in [-0.3, -0.25) is 4.98 Å². The molecule has 1 unspecified atom stereocenters. The van der Waals surface area contributed by atoms with Gasteiger partial charge < -0.3 is 5.32 Å². The van der Waals surface area contributed by atoms with Gasteiger partial charge in [-0.1, -0.05) is 13.0 Å². The maximum atomic E-state index is 4.49. The van der Waals surface area contributed by atoms with Gasteiger partial charge in [-0.2, -0.15) is 0 Å². The Morgan fingerprint density at radius 3 is 2.89 bits per heavy atom. The minimum absolute atomic E-state index is 0.293. The van der Waals surface area contributed by atoms with E-state index in [-0.39, 0.29) is 0 Å². The molecule has 0 aliphatic rings. The first kappa shape index (κ1) is 12.0. The predicted octanol–water partition coefficient (Wildman–Crippen LogP) is 3.65. The van der Waals surface area contributed by atoms with Crippen LogP contribution in [0, 0.1) is 0 Å². The number of pyridine rings is 1. The molecule has 3 heterocycles. The van der Waals surface area contributed by atoms with Crippen molar-refractivity contribution in [1.82, 2.24) is 15.0 Å². The SMILES string of the molecule is CCC(Nc1ccc2nccnc2n1)c1cccs1. The van der Waals surface area contributed by atoms with Gasteiger partial charge in [0.2, 0.25) is 0 Å². The predicted molar refractivity (Wildman–Crippen MR) is 78.3 cm³/mol. The minimum atomic E-state index is 0.293. The third-order valence-corrected chi connectivity index (χ3v) is 3.93. The van der Waals surface area contributed by atoms with E-state index in [1.165, 1.54) is 4.88 Å². The standard InChI is InChI=1S/C14H14N4S/c1-2-10(12-4-3-9-19-12)17-13-6-5-11-14(18-13)16-8-7-15-11/h3-10H,2H2,1H3,(H,16,17,18). The Morgan fingerprint density at radius 1 is 1.21 bits per heavy atom. The molecule has 1 N–H and O–H groups in total. The van der Waals surface area contributed by atoms with Gasteiger partial charge in [0.1, 0.15) is 11.3 Å². The van der Waals surface area contributed by atoms with E-state index >= 15 is 0 Å². The number of hydrogen-bond donors (Lipinski definition) is 1. The average molecular weight is 270 g/mol. The zero-order valence-electron chi connectivity index (χ0n) is 10.6. The summed E-state index contributed by atoms with van der Waals surface area (Å²) in [6.45, 7) is 2.16. The van der Waals surface area contributed by atoms with Crippen molar-refractivity contribution in [2.24, 2.45) is 0 Å². The maximum absolute atomic E-state index is 4.49. The van der Waals surface area contributed by atoms with Gasteiger partial charge in [-0.05, 0) is 30.0 Å². The number of rotatable bonds is 4. The first-order chi connectivity index (χ1) is 9.36. The van der Waals surface area contributed by atoms with E-state index in [4.69, 9.17) is 0 Å². The smallest absolute Gasteiger partial charge is 0.180 e. The number of thiophene rings is 1. The molecule has 0 radical (unpaired) electrons. The highest BCUT2D eigenvalue weighted by atomic mass is 32.1. The Labute approximate surface area is 115 Å². The Morgan fingerprint density at radius 2 is 2.11 bits per heavy atom. The normalized spacial score (nSPS) is 12.5. The van der Waals surface area contributed by atoms with E-state index in [9.17, 15) is 0 Å². The van der Waals surface area contributed by atoms with Crippen LogP contribution in [0.5, 0.6) is 0 Å². The summed E-state index contributed by atoms with van der Waals surface area (Å²) in [4.78, 5) is 14.3. The summed E-state index contributed by atoms with van der Waals surface area (Å²) < 4.78 is 0. The second kappa shape index (κ2) is 5.32. The van der Waals surface area contributed by atoms with Crippen molar-refractivity contribution in [1.29, 1.82) is 0 Å². The van der Waals surface area contributed by atoms with Crippen LogP contribution in [0.4, 0.5) is 5.82 Å². The largest absolute Gasteiger partial charge is 0.362 e. The van der Waals surface area contributed by atoms with Crippen molar-refractivity contribution >= 4 is 28.3 Å². The van der Waals surface area contributed by atoms with E-state index in [1.54, 1.807) is 23.7 Å². The molecule has 3 aromatic heterocycles. The monoisotopic (exact) mass is 270 g/mol. The van der Waals surface area contributed by atoms with Crippen LogP contribution in [0.25, 0.3) is 11.2 Å². The molecule has 3 rings (SSSR count). The van der Waals surface area contributed by atoms with Gasteiger partial charge in [0.15, 0.2) is 5.65 Å². The molecule has 4 nitrogen and oxygen atoms in total. The lowest BCUT2D eigenvalue weighted by Crippen LogP contribution is -2.09. The molecule has 0 saturated carbocycles. The Kier molecular flexibility index (Phi) is 3.37. The first-order valence-electron chi connectivity index (χ1n) is 6.24. The molecule has 0 bridgehead atoms. The van der Waals surface area contributed by atoms with Crippen molar-refractivity contribution < 1.29 is 0 Å². The summed E-state index contributed by atoms with van der Waals surface area (Å²) in [5, 5.41) is 5.55. The highest BCUT2D eigenvalue weighted by Crippen LogP contribution is 2.25. The lowest BCUT2D eigenvalue weighted by atomic mass is 10.2. The highest BCUT2D eigenvalue weighted by molar-refractivity contribution is 7.10. The van der Waals surface area contributed by atoms with Gasteiger partial charge in [-0.25, -0.2) is 9.97 Å². The molecule has 0 aromatic carbocycles. The van der Waals surface area contributed by atoms with E-state index in [2.05, 4.69) is 44.7 Å². The van der Waals surface area contributed by atoms with E-state index in [0.29, 0.717) is 11.7 Å². The van der Waals surface area contributed by atoms with Crippen molar-refractivity contribution in [2.75, 3.05) is 5.32 Å². The number of aromatic nitrogens is 3. The summed E-state index contributed by atoms with van der Waals surface area (Å²) in [5.74, 6) is 0.841. The molecule has 96 valence electrons. The second-order valence-electron chi connectivity index (χ2n) is 4.22. The highest BCUT2D eigenvalue weighted by Gasteiger charge is 2.11. The van der Waals surface area contributed by atoms with Crippen LogP contribution in [0.3, 0.4) is 0 Å². The molecule has 19 heavy (non-hydrogen) atoms. The summed E-state index contributed by atoms with van der Waals surface area (Å²) in [5.41, 5.74) is 1.49. The molecular formula is C14H14N4S. The van der Waals surface area contributed by atoms with Crippen LogP contribution >= 0.6 is 11.3 Å². The molecule has 5 heteroatoms. The number of hydrogen-bond acceptors (Lipinski definition) is 5. The molecule has 0 saturated heterocycles. The van der Waals surface area contributed by atoms with Crippen molar-refractivity contribution in [3.63, 3.8) is 0 Å². The molecule has 0 spiro atoms. The lowest BCUT2D eigenvalue weighted by molar-refractivity contribution is 0.759. The number of fused-ring (bicyclic) bond motifs is 1. The molecule has 0 fully saturated rings.